The number of benzene rings is 3. The van der Waals surface area contributed by atoms with Gasteiger partial charge in [0.05, 0.1) is 22.7 Å². The van der Waals surface area contributed by atoms with E-state index in [0.717, 1.165) is 5.56 Å². The summed E-state index contributed by atoms with van der Waals surface area (Å²) in [7, 11) is 1.41. The van der Waals surface area contributed by atoms with Gasteiger partial charge >= 0.3 is 0 Å². The molecule has 0 aliphatic rings. The lowest BCUT2D eigenvalue weighted by molar-refractivity contribution is 0.386. The van der Waals surface area contributed by atoms with E-state index in [9.17, 15) is 13.2 Å². The van der Waals surface area contributed by atoms with Crippen molar-refractivity contribution in [3.8, 4) is 27.4 Å². The Labute approximate surface area is 206 Å². The molecule has 10 heteroatoms. The first kappa shape index (κ1) is 22.8. The maximum Gasteiger partial charge on any atom is 0.218 e. The van der Waals surface area contributed by atoms with E-state index in [1.54, 1.807) is 34.7 Å². The van der Waals surface area contributed by atoms with Gasteiger partial charge in [0.25, 0.3) is 0 Å². The van der Waals surface area contributed by atoms with E-state index in [0.29, 0.717) is 32.0 Å². The second kappa shape index (κ2) is 9.32. The Kier molecular flexibility index (Phi) is 6.24. The van der Waals surface area contributed by atoms with E-state index in [1.165, 1.54) is 60.5 Å². The van der Waals surface area contributed by atoms with Crippen molar-refractivity contribution in [3.63, 3.8) is 0 Å². The van der Waals surface area contributed by atoms with Crippen molar-refractivity contribution in [2.45, 2.75) is 10.9 Å². The molecular formula is C24H15ClF3N3OS2. The molecule has 2 heterocycles. The Morgan fingerprint density at radius 2 is 1.79 bits per heavy atom. The van der Waals surface area contributed by atoms with Crippen LogP contribution >= 0.6 is 34.7 Å². The molecule has 0 fully saturated rings. The van der Waals surface area contributed by atoms with Crippen LogP contribution in [0.3, 0.4) is 0 Å². The predicted molar refractivity (Wildman–Crippen MR) is 129 cm³/mol. The van der Waals surface area contributed by atoms with Crippen molar-refractivity contribution in [2.75, 3.05) is 7.11 Å². The summed E-state index contributed by atoms with van der Waals surface area (Å²) in [6, 6.07) is 15.1. The molecule has 0 N–H and O–H groups in total. The van der Waals surface area contributed by atoms with E-state index in [-0.39, 0.29) is 22.2 Å². The monoisotopic (exact) mass is 517 g/mol. The molecule has 172 valence electrons. The quantitative estimate of drug-likeness (QED) is 0.219. The highest BCUT2D eigenvalue weighted by Crippen LogP contribution is 2.44. The van der Waals surface area contributed by atoms with Crippen LogP contribution in [0.2, 0.25) is 5.02 Å². The minimum Gasteiger partial charge on any atom is -0.494 e. The molecule has 0 saturated carbocycles. The maximum absolute atomic E-state index is 14.9. The van der Waals surface area contributed by atoms with Crippen LogP contribution < -0.4 is 4.74 Å². The summed E-state index contributed by atoms with van der Waals surface area (Å²) < 4.78 is 49.4. The van der Waals surface area contributed by atoms with Gasteiger partial charge in [0.1, 0.15) is 11.6 Å². The zero-order valence-corrected chi connectivity index (χ0v) is 19.9. The third-order valence-corrected chi connectivity index (χ3v) is 7.49. The second-order valence-corrected chi connectivity index (χ2v) is 9.57. The lowest BCUT2D eigenvalue weighted by Gasteiger charge is -2.09. The molecule has 0 aliphatic carbocycles. The Morgan fingerprint density at radius 1 is 1.00 bits per heavy atom. The van der Waals surface area contributed by atoms with Crippen molar-refractivity contribution < 1.29 is 17.9 Å². The highest BCUT2D eigenvalue weighted by Gasteiger charge is 2.24. The third-order valence-electron chi connectivity index (χ3n) is 5.13. The number of hydrogen-bond donors (Lipinski definition) is 0. The summed E-state index contributed by atoms with van der Waals surface area (Å²) >= 11 is 8.96. The largest absolute Gasteiger partial charge is 0.494 e. The number of hydrogen-bond acceptors (Lipinski definition) is 5. The van der Waals surface area contributed by atoms with E-state index in [2.05, 4.69) is 10.2 Å². The zero-order chi connectivity index (χ0) is 23.8. The first-order valence-corrected chi connectivity index (χ1v) is 12.2. The van der Waals surface area contributed by atoms with E-state index in [1.807, 2.05) is 0 Å². The van der Waals surface area contributed by atoms with Crippen LogP contribution in [0.5, 0.6) is 5.75 Å². The molecule has 0 bridgehead atoms. The Morgan fingerprint density at radius 3 is 2.50 bits per heavy atom. The highest BCUT2D eigenvalue weighted by molar-refractivity contribution is 7.98. The number of nitrogens with zero attached hydrogens (tertiary/aromatic N) is 3. The van der Waals surface area contributed by atoms with Gasteiger partial charge in [-0.25, -0.2) is 13.2 Å². The number of ether oxygens (including phenoxy) is 1. The zero-order valence-electron chi connectivity index (χ0n) is 17.6. The number of aromatic nitrogens is 3. The fourth-order valence-electron chi connectivity index (χ4n) is 3.55. The molecule has 3 aromatic carbocycles. The molecule has 0 radical (unpaired) electrons. The van der Waals surface area contributed by atoms with Crippen LogP contribution in [-0.2, 0) is 5.75 Å². The molecule has 0 saturated heterocycles. The minimum atomic E-state index is -0.476. The molecule has 0 unspecified atom stereocenters. The van der Waals surface area contributed by atoms with Gasteiger partial charge in [-0.2, -0.15) is 0 Å². The van der Waals surface area contributed by atoms with Gasteiger partial charge in [0.15, 0.2) is 16.7 Å². The van der Waals surface area contributed by atoms with Crippen LogP contribution in [0.1, 0.15) is 5.56 Å². The molecule has 0 amide bonds. The molecule has 0 spiro atoms. The summed E-state index contributed by atoms with van der Waals surface area (Å²) in [5, 5.41) is 9.32. The van der Waals surface area contributed by atoms with Crippen LogP contribution in [0.4, 0.5) is 13.2 Å². The van der Waals surface area contributed by atoms with Crippen molar-refractivity contribution in [1.29, 1.82) is 0 Å². The van der Waals surface area contributed by atoms with Gasteiger partial charge in [0, 0.05) is 16.9 Å². The number of methoxy groups -OCH3 is 1. The lowest BCUT2D eigenvalue weighted by Crippen LogP contribution is -1.94. The molecule has 5 rings (SSSR count). The highest BCUT2D eigenvalue weighted by atomic mass is 35.5. The minimum absolute atomic E-state index is 0.168. The number of fused-ring (bicyclic) bond motifs is 1. The Hall–Kier alpha value is -3.01. The van der Waals surface area contributed by atoms with Gasteiger partial charge in [-0.1, -0.05) is 46.8 Å². The van der Waals surface area contributed by atoms with Crippen LogP contribution in [-0.4, -0.2) is 21.7 Å². The first-order valence-electron chi connectivity index (χ1n) is 9.99. The number of thiazole rings is 1. The first-order chi connectivity index (χ1) is 16.5. The average Bonchev–Trinajstić information content (AvgIpc) is 3.38. The molecule has 4 nitrogen and oxygen atoms in total. The summed E-state index contributed by atoms with van der Waals surface area (Å²) in [6.07, 6.45) is 0. The van der Waals surface area contributed by atoms with Crippen molar-refractivity contribution in [2.24, 2.45) is 0 Å². The van der Waals surface area contributed by atoms with Gasteiger partial charge in [-0.15, -0.1) is 10.2 Å². The summed E-state index contributed by atoms with van der Waals surface area (Å²) in [4.78, 5) is 1.08. The number of halogens is 4. The molecule has 0 aliphatic heterocycles. The van der Waals surface area contributed by atoms with Gasteiger partial charge in [-0.05, 0) is 54.1 Å². The van der Waals surface area contributed by atoms with Crippen LogP contribution in [0.25, 0.3) is 26.7 Å². The summed E-state index contributed by atoms with van der Waals surface area (Å²) in [5.41, 5.74) is 2.22. The molecular weight excluding hydrogens is 503 g/mol. The summed E-state index contributed by atoms with van der Waals surface area (Å²) in [5.74, 6) is -0.736. The van der Waals surface area contributed by atoms with Crippen LogP contribution in [0, 0.1) is 17.5 Å². The predicted octanol–water partition coefficient (Wildman–Crippen LogP) is 7.50. The number of thioether (sulfide) groups is 1. The van der Waals surface area contributed by atoms with Crippen molar-refractivity contribution in [3.05, 3.63) is 88.7 Å². The van der Waals surface area contributed by atoms with Gasteiger partial charge in [-0.3, -0.25) is 4.40 Å². The lowest BCUT2D eigenvalue weighted by atomic mass is 10.1. The second-order valence-electron chi connectivity index (χ2n) is 7.24. The topological polar surface area (TPSA) is 39.4 Å². The maximum atomic E-state index is 14.9. The Bertz CT molecular complexity index is 1480. The van der Waals surface area contributed by atoms with E-state index in [4.69, 9.17) is 16.3 Å². The van der Waals surface area contributed by atoms with Crippen molar-refractivity contribution in [1.82, 2.24) is 14.6 Å². The molecule has 2 aromatic heterocycles. The number of rotatable bonds is 6. The smallest absolute Gasteiger partial charge is 0.218 e. The van der Waals surface area contributed by atoms with Crippen LogP contribution in [0.15, 0.2) is 65.8 Å². The van der Waals surface area contributed by atoms with E-state index < -0.39 is 11.6 Å². The van der Waals surface area contributed by atoms with Gasteiger partial charge < -0.3 is 4.74 Å². The average molecular weight is 518 g/mol. The molecule has 5 aromatic rings. The fourth-order valence-corrected chi connectivity index (χ4v) is 5.95. The van der Waals surface area contributed by atoms with Gasteiger partial charge in [0.2, 0.25) is 4.96 Å². The fraction of sp³-hybridized carbons (Fsp3) is 0.0833. The Balaban J connectivity index is 1.63. The van der Waals surface area contributed by atoms with Crippen molar-refractivity contribution >= 4 is 39.7 Å². The normalized spacial score (nSPS) is 11.3. The SMILES string of the molecule is COc1ccc(CSc2nnc3sc(-c4c(F)cccc4Cl)c(-c4ccc(F)cc4)n23)cc1F. The standard InChI is InChI=1S/C24H15ClF3N3OS2/c1-32-19-10-5-13(11-18(19)28)12-33-23-29-30-24-31(23)21(14-6-8-15(26)9-7-14)22(34-24)20-16(25)3-2-4-17(20)27/h2-11H,12H2,1H3. The molecule has 0 atom stereocenters. The summed E-state index contributed by atoms with van der Waals surface area (Å²) in [6.45, 7) is 0. The molecule has 34 heavy (non-hydrogen) atoms. The van der Waals surface area contributed by atoms with E-state index >= 15 is 0 Å². The third kappa shape index (κ3) is 4.15.